The maximum atomic E-state index is 10.0. The first-order chi connectivity index (χ1) is 5.04. The number of carboxylic acid groups (broad SMARTS) is 1. The molecule has 0 spiro atoms. The number of carbonyl (C=O) groups excluding carboxylic acids is 1. The number of hydrogen-bond donors (Lipinski definition) is 0. The largest absolute Gasteiger partial charge is 1.00 e. The molecule has 0 aliphatic carbocycles. The third-order valence-electron chi connectivity index (χ3n) is 0.978. The van der Waals surface area contributed by atoms with Crippen LogP contribution in [-0.2, 0) is 15.1 Å². The van der Waals surface area contributed by atoms with Crippen molar-refractivity contribution in [1.82, 2.24) is 0 Å². The second kappa shape index (κ2) is 7.54. The van der Waals surface area contributed by atoms with Gasteiger partial charge in [0.15, 0.2) is 0 Å². The van der Waals surface area contributed by atoms with E-state index in [1.807, 2.05) is 0 Å². The van der Waals surface area contributed by atoms with E-state index in [4.69, 9.17) is 0 Å². The van der Waals surface area contributed by atoms with E-state index in [2.05, 4.69) is 0 Å². The van der Waals surface area contributed by atoms with Crippen LogP contribution in [0, 0.1) is 0 Å². The molecule has 0 saturated carbocycles. The molecule has 0 bridgehead atoms. The molecule has 0 aliphatic rings. The van der Waals surface area contributed by atoms with Crippen molar-refractivity contribution in [3.05, 3.63) is 11.6 Å². The normalized spacial score (nSPS) is 9.92. The van der Waals surface area contributed by atoms with Crippen LogP contribution < -0.4 is 34.7 Å². The van der Waals surface area contributed by atoms with E-state index in [0.29, 0.717) is 0 Å². The standard InChI is InChI=1S/C6H8O4S.Na/c1-5(6(7)8)3-2-4-11(9)10;/h3-4H,2H2,1H3,(H,7,8);/q;+1/p-1. The zero-order chi connectivity index (χ0) is 8.85. The van der Waals surface area contributed by atoms with Crippen LogP contribution in [0.15, 0.2) is 11.6 Å². The van der Waals surface area contributed by atoms with E-state index in [1.165, 1.54) is 13.0 Å². The maximum Gasteiger partial charge on any atom is 1.00 e. The predicted octanol–water partition coefficient (Wildman–Crippen LogP) is -4.24. The predicted molar refractivity (Wildman–Crippen MR) is 38.4 cm³/mol. The molecule has 0 N–H and O–H groups in total. The Bertz CT molecular complexity index is 294. The van der Waals surface area contributed by atoms with Crippen molar-refractivity contribution < 1.29 is 47.9 Å². The van der Waals surface area contributed by atoms with Crippen LogP contribution in [-0.4, -0.2) is 19.8 Å². The minimum absolute atomic E-state index is 0. The maximum absolute atomic E-state index is 10.0. The van der Waals surface area contributed by atoms with Gasteiger partial charge < -0.3 is 9.90 Å². The quantitative estimate of drug-likeness (QED) is 0.261. The summed E-state index contributed by atoms with van der Waals surface area (Å²) in [6.07, 6.45) is 1.36. The Morgan fingerprint density at radius 3 is 2.33 bits per heavy atom. The average Bonchev–Trinajstić information content (AvgIpc) is 1.86. The molecule has 0 amide bonds. The summed E-state index contributed by atoms with van der Waals surface area (Å²) in [6.45, 7) is 1.34. The molecule has 0 aromatic carbocycles. The molecule has 62 valence electrons. The van der Waals surface area contributed by atoms with Gasteiger partial charge in [0.25, 0.3) is 0 Å². The molecule has 0 aliphatic heterocycles. The molecule has 12 heavy (non-hydrogen) atoms. The average molecular weight is 198 g/mol. The number of aliphatic carboxylic acids is 1. The molecule has 0 fully saturated rings. The first kappa shape index (κ1) is 14.4. The van der Waals surface area contributed by atoms with E-state index < -0.39 is 16.3 Å². The van der Waals surface area contributed by atoms with Gasteiger partial charge in [-0.25, -0.2) is 0 Å². The Kier molecular flexibility index (Phi) is 9.07. The molecule has 6 heteroatoms. The van der Waals surface area contributed by atoms with Crippen molar-refractivity contribution in [3.8, 4) is 0 Å². The Morgan fingerprint density at radius 1 is 1.50 bits per heavy atom. The van der Waals surface area contributed by atoms with Crippen LogP contribution in [0.25, 0.3) is 0 Å². The fraction of sp³-hybridized carbons (Fsp3) is 0.333. The monoisotopic (exact) mass is 198 g/mol. The second-order valence-corrected chi connectivity index (χ2v) is 2.69. The summed E-state index contributed by atoms with van der Waals surface area (Å²) in [6, 6.07) is 0. The van der Waals surface area contributed by atoms with Crippen LogP contribution in [0.5, 0.6) is 0 Å². The van der Waals surface area contributed by atoms with Gasteiger partial charge in [0.1, 0.15) is 0 Å². The molecule has 0 rings (SSSR count). The zero-order valence-corrected chi connectivity index (χ0v) is 9.72. The number of carboxylic acids is 1. The van der Waals surface area contributed by atoms with Crippen molar-refractivity contribution in [2.45, 2.75) is 13.3 Å². The van der Waals surface area contributed by atoms with Crippen molar-refractivity contribution >= 4 is 21.6 Å². The third-order valence-corrected chi connectivity index (χ3v) is 1.44. The first-order valence-corrected chi connectivity index (χ1v) is 3.97. The SMILES string of the molecule is CC(=CCC=S(=O)=O)C(=O)[O-].[Na+]. The molecular formula is C6H7NaO4S. The minimum atomic E-state index is -2.23. The van der Waals surface area contributed by atoms with Gasteiger partial charge in [0, 0.05) is 5.37 Å². The second-order valence-electron chi connectivity index (χ2n) is 1.84. The Balaban J connectivity index is 0. The van der Waals surface area contributed by atoms with Crippen LogP contribution in [0.1, 0.15) is 13.3 Å². The number of rotatable bonds is 3. The summed E-state index contributed by atoms with van der Waals surface area (Å²) in [5, 5.41) is 11.0. The van der Waals surface area contributed by atoms with Gasteiger partial charge >= 0.3 is 29.6 Å². The van der Waals surface area contributed by atoms with Crippen molar-refractivity contribution in [2.24, 2.45) is 0 Å². The summed E-state index contributed by atoms with van der Waals surface area (Å²) < 4.78 is 19.8. The molecule has 0 unspecified atom stereocenters. The van der Waals surface area contributed by atoms with Gasteiger partial charge in [-0.3, -0.25) is 0 Å². The molecule has 4 nitrogen and oxygen atoms in total. The molecule has 0 atom stereocenters. The van der Waals surface area contributed by atoms with Crippen molar-refractivity contribution in [2.75, 3.05) is 0 Å². The summed E-state index contributed by atoms with van der Waals surface area (Å²) in [7, 11) is -2.23. The van der Waals surface area contributed by atoms with Crippen LogP contribution >= 0.6 is 0 Å². The molecule has 0 radical (unpaired) electrons. The smallest absolute Gasteiger partial charge is 0.545 e. The van der Waals surface area contributed by atoms with Gasteiger partial charge in [-0.15, -0.1) is 0 Å². The van der Waals surface area contributed by atoms with E-state index in [1.54, 1.807) is 0 Å². The number of carbonyl (C=O) groups is 1. The van der Waals surface area contributed by atoms with E-state index >= 15 is 0 Å². The van der Waals surface area contributed by atoms with Crippen molar-refractivity contribution in [1.29, 1.82) is 0 Å². The van der Waals surface area contributed by atoms with Crippen molar-refractivity contribution in [3.63, 3.8) is 0 Å². The van der Waals surface area contributed by atoms with Gasteiger partial charge in [0.05, 0.1) is 5.97 Å². The van der Waals surface area contributed by atoms with Gasteiger partial charge in [0.2, 0.25) is 10.3 Å². The molecular weight excluding hydrogens is 191 g/mol. The Morgan fingerprint density at radius 2 is 2.00 bits per heavy atom. The molecule has 0 saturated heterocycles. The van der Waals surface area contributed by atoms with Gasteiger partial charge in [-0.05, 0) is 18.9 Å². The fourth-order valence-corrected chi connectivity index (χ4v) is 0.640. The summed E-state index contributed by atoms with van der Waals surface area (Å²) >= 11 is 0. The summed E-state index contributed by atoms with van der Waals surface area (Å²) in [5.41, 5.74) is 0.0340. The summed E-state index contributed by atoms with van der Waals surface area (Å²) in [5.74, 6) is -1.28. The fourth-order valence-electron chi connectivity index (χ4n) is 0.387. The Labute approximate surface area is 94.1 Å². The van der Waals surface area contributed by atoms with E-state index in [9.17, 15) is 18.3 Å². The minimum Gasteiger partial charge on any atom is -0.545 e. The number of hydrogen-bond acceptors (Lipinski definition) is 4. The van der Waals surface area contributed by atoms with Crippen LogP contribution in [0.2, 0.25) is 0 Å². The first-order valence-electron chi connectivity index (χ1n) is 2.83. The van der Waals surface area contributed by atoms with Gasteiger partial charge in [-0.2, -0.15) is 8.42 Å². The Hall–Kier alpha value is -0.100. The van der Waals surface area contributed by atoms with Crippen LogP contribution in [0.4, 0.5) is 0 Å². The molecule has 0 aromatic rings. The van der Waals surface area contributed by atoms with E-state index in [0.717, 1.165) is 5.37 Å². The topological polar surface area (TPSA) is 74.3 Å². The molecule has 0 heterocycles. The number of allylic oxidation sites excluding steroid dienone is 1. The molecule has 0 aromatic heterocycles. The summed E-state index contributed by atoms with van der Waals surface area (Å²) in [4.78, 5) is 10.0. The van der Waals surface area contributed by atoms with Gasteiger partial charge in [-0.1, -0.05) is 6.08 Å². The zero-order valence-electron chi connectivity index (χ0n) is 6.90. The third kappa shape index (κ3) is 8.00. The van der Waals surface area contributed by atoms with E-state index in [-0.39, 0.29) is 41.6 Å². The van der Waals surface area contributed by atoms with Crippen LogP contribution in [0.3, 0.4) is 0 Å².